The molecule has 8 aromatic carbocycles. The van der Waals surface area contributed by atoms with E-state index < -0.39 is 101 Å². The van der Waals surface area contributed by atoms with Crippen LogP contribution < -0.4 is 4.90 Å². The molecule has 1 heterocycles. The van der Waals surface area contributed by atoms with Gasteiger partial charge in [-0.2, -0.15) is 0 Å². The van der Waals surface area contributed by atoms with Crippen LogP contribution in [0.5, 0.6) is 0 Å². The van der Waals surface area contributed by atoms with Crippen LogP contribution in [0.15, 0.2) is 188 Å². The molecule has 0 aliphatic rings. The first-order valence-electron chi connectivity index (χ1n) is 22.2. The molecule has 2 heteroatoms. The molecule has 226 valence electrons. The lowest BCUT2D eigenvalue weighted by Crippen LogP contribution is -2.10. The average molecular weight is 644 g/mol. The number of hydrogen-bond acceptors (Lipinski definition) is 2. The summed E-state index contributed by atoms with van der Waals surface area (Å²) in [5, 5.41) is 1.24. The molecule has 0 bridgehead atoms. The number of hydrogen-bond donors (Lipinski definition) is 0. The molecule has 0 fully saturated rings. The van der Waals surface area contributed by atoms with E-state index in [0.29, 0.717) is 11.4 Å². The van der Waals surface area contributed by atoms with E-state index in [4.69, 9.17) is 11.0 Å². The molecule has 0 aliphatic heterocycles. The van der Waals surface area contributed by atoms with E-state index in [1.807, 2.05) is 97.1 Å². The topological polar surface area (TPSA) is 3.24 Å². The third-order valence-electron chi connectivity index (χ3n) is 8.20. The van der Waals surface area contributed by atoms with Crippen molar-refractivity contribution in [2.45, 2.75) is 0 Å². The highest BCUT2D eigenvalue weighted by Crippen LogP contribution is 2.45. The highest BCUT2D eigenvalue weighted by Gasteiger charge is 2.19. The molecule has 0 atom stereocenters. The number of nitrogens with zero attached hydrogens (tertiary/aromatic N) is 1. The van der Waals surface area contributed by atoms with Crippen molar-refractivity contribution in [3.63, 3.8) is 0 Å². The maximum atomic E-state index is 9.66. The van der Waals surface area contributed by atoms with Gasteiger partial charge in [0.15, 0.2) is 0 Å². The van der Waals surface area contributed by atoms with Gasteiger partial charge in [0.05, 0.1) is 24.9 Å². The van der Waals surface area contributed by atoms with Gasteiger partial charge in [0.25, 0.3) is 0 Å². The SMILES string of the molecule is [2H]c1cc2c(-c3c([2H])c([2H])c([2H])c([2H])c3[2H])c([2H])c(-c3c([2H])c([2H])c(N(c4ccc(-c5ccccc5)cc4)c4cccc5sc6ccccc6c45)c([2H])c3[2H])c([2H])c2c([2H])c1[2H]. The maximum Gasteiger partial charge on any atom is 0.0645 e. The molecule has 1 nitrogen and oxygen atoms in total. The minimum Gasteiger partial charge on any atom is -0.310 e. The molecule has 0 saturated carbocycles. The van der Waals surface area contributed by atoms with Crippen LogP contribution in [0, 0.1) is 0 Å². The van der Waals surface area contributed by atoms with E-state index in [2.05, 4.69) is 0 Å². The summed E-state index contributed by atoms with van der Waals surface area (Å²) < 4.78 is 128. The predicted octanol–water partition coefficient (Wildman–Crippen LogP) is 13.7. The molecule has 48 heavy (non-hydrogen) atoms. The molecule has 0 amide bonds. The van der Waals surface area contributed by atoms with Crippen molar-refractivity contribution in [2.24, 2.45) is 0 Å². The highest BCUT2D eigenvalue weighted by atomic mass is 32.1. The van der Waals surface area contributed by atoms with Crippen LogP contribution >= 0.6 is 11.3 Å². The molecular formula is C46H31NS. The van der Waals surface area contributed by atoms with Crippen LogP contribution in [-0.4, -0.2) is 0 Å². The number of fused-ring (bicyclic) bond motifs is 4. The largest absolute Gasteiger partial charge is 0.310 e. The predicted molar refractivity (Wildman–Crippen MR) is 208 cm³/mol. The summed E-state index contributed by atoms with van der Waals surface area (Å²) in [6.07, 6.45) is 0. The zero-order valence-electron chi connectivity index (χ0n) is 39.2. The summed E-state index contributed by atoms with van der Waals surface area (Å²) >= 11 is 1.57. The molecule has 0 radical (unpaired) electrons. The number of thiophene rings is 1. The second-order valence-corrected chi connectivity index (χ2v) is 12.1. The Kier molecular flexibility index (Phi) is 4.32. The first kappa shape index (κ1) is 17.3. The van der Waals surface area contributed by atoms with Crippen LogP contribution in [0.1, 0.15) is 19.2 Å². The van der Waals surface area contributed by atoms with Crippen molar-refractivity contribution in [1.29, 1.82) is 0 Å². The lowest BCUT2D eigenvalue weighted by atomic mass is 9.93. The molecule has 0 spiro atoms. The third kappa shape index (κ3) is 5.04. The summed E-state index contributed by atoms with van der Waals surface area (Å²) in [6.45, 7) is 0. The Labute approximate surface area is 304 Å². The first-order chi connectivity index (χ1) is 29.6. The normalized spacial score (nSPS) is 15.4. The van der Waals surface area contributed by atoms with E-state index >= 15 is 0 Å². The summed E-state index contributed by atoms with van der Waals surface area (Å²) in [5.74, 6) is 0. The lowest BCUT2D eigenvalue weighted by Gasteiger charge is -2.27. The maximum absolute atomic E-state index is 9.66. The van der Waals surface area contributed by atoms with Crippen molar-refractivity contribution >= 4 is 59.3 Å². The van der Waals surface area contributed by atoms with E-state index in [1.54, 1.807) is 16.2 Å². The standard InChI is InChI=1S/C46H31NS/c1-3-12-32(13-4-1)33-22-26-38(27-23-33)47(43-19-11-21-45-46(43)41-18-9-10-20-44(41)48-45)39-28-24-34(25-29-39)37-30-36-16-7-8-17-40(36)42(31-37)35-14-5-2-6-15-35/h1-31H/i2D,5D,6D,7D,8D,14D,15D,16D,24D,25D,28D,29D,30D,31D. The average Bonchev–Trinajstić information content (AvgIpc) is 3.67. The smallest absolute Gasteiger partial charge is 0.0645 e. The van der Waals surface area contributed by atoms with Gasteiger partial charge in [0, 0.05) is 31.5 Å². The van der Waals surface area contributed by atoms with Gasteiger partial charge in [0.1, 0.15) is 0 Å². The van der Waals surface area contributed by atoms with Crippen molar-refractivity contribution in [1.82, 2.24) is 0 Å². The number of benzene rings is 8. The number of rotatable bonds is 6. The van der Waals surface area contributed by atoms with Gasteiger partial charge in [-0.25, -0.2) is 0 Å². The molecule has 1 aromatic heterocycles. The van der Waals surface area contributed by atoms with Crippen LogP contribution in [0.4, 0.5) is 17.1 Å². The van der Waals surface area contributed by atoms with Crippen LogP contribution in [0.25, 0.3) is 64.3 Å². The van der Waals surface area contributed by atoms with E-state index in [-0.39, 0.29) is 22.0 Å². The first-order valence-corrected chi connectivity index (χ1v) is 16.0. The highest BCUT2D eigenvalue weighted by molar-refractivity contribution is 7.26. The third-order valence-corrected chi connectivity index (χ3v) is 9.34. The Morgan fingerprint density at radius 1 is 0.438 bits per heavy atom. The Bertz CT molecular complexity index is 3290. The second kappa shape index (κ2) is 12.0. The Balaban J connectivity index is 1.37. The fraction of sp³-hybridized carbons (Fsp3) is 0. The summed E-state index contributed by atoms with van der Waals surface area (Å²) in [4.78, 5) is 1.67. The van der Waals surface area contributed by atoms with Gasteiger partial charge in [-0.3, -0.25) is 0 Å². The Hall–Kier alpha value is -5.96. The quantitative estimate of drug-likeness (QED) is 0.174. The lowest BCUT2D eigenvalue weighted by molar-refractivity contribution is 1.30. The Morgan fingerprint density at radius 2 is 1.17 bits per heavy atom. The minimum absolute atomic E-state index is 0.128. The van der Waals surface area contributed by atoms with Crippen LogP contribution in [0.3, 0.4) is 0 Å². The fourth-order valence-corrected chi connectivity index (χ4v) is 7.12. The van der Waals surface area contributed by atoms with Gasteiger partial charge in [0.2, 0.25) is 0 Å². The van der Waals surface area contributed by atoms with E-state index in [9.17, 15) is 8.22 Å². The van der Waals surface area contributed by atoms with Crippen molar-refractivity contribution in [2.75, 3.05) is 4.90 Å². The molecular weight excluding hydrogens is 599 g/mol. The van der Waals surface area contributed by atoms with Gasteiger partial charge >= 0.3 is 0 Å². The molecule has 9 rings (SSSR count). The van der Waals surface area contributed by atoms with Crippen molar-refractivity contribution in [3.8, 4) is 33.4 Å². The molecule has 0 N–H and O–H groups in total. The van der Waals surface area contributed by atoms with Gasteiger partial charge in [-0.1, -0.05) is 133 Å². The summed E-state index contributed by atoms with van der Waals surface area (Å²) in [6, 6.07) is 23.0. The minimum atomic E-state index is -0.724. The summed E-state index contributed by atoms with van der Waals surface area (Å²) in [5.41, 5.74) is 0.995. The molecule has 9 aromatic rings. The monoisotopic (exact) mass is 643 g/mol. The zero-order chi connectivity index (χ0) is 44.0. The van der Waals surface area contributed by atoms with Crippen molar-refractivity contribution < 1.29 is 19.2 Å². The summed E-state index contributed by atoms with van der Waals surface area (Å²) in [7, 11) is 0. The molecule has 0 unspecified atom stereocenters. The van der Waals surface area contributed by atoms with Gasteiger partial charge in [-0.05, 0) is 98.7 Å². The fourth-order valence-electron chi connectivity index (χ4n) is 6.00. The second-order valence-electron chi connectivity index (χ2n) is 11.0. The van der Waals surface area contributed by atoms with Gasteiger partial charge < -0.3 is 4.90 Å². The van der Waals surface area contributed by atoms with Crippen LogP contribution in [-0.2, 0) is 0 Å². The van der Waals surface area contributed by atoms with Crippen molar-refractivity contribution in [3.05, 3.63) is 188 Å². The van der Waals surface area contributed by atoms with E-state index in [1.165, 1.54) is 0 Å². The van der Waals surface area contributed by atoms with Crippen LogP contribution in [0.2, 0.25) is 0 Å². The van der Waals surface area contributed by atoms with Gasteiger partial charge in [-0.15, -0.1) is 11.3 Å². The molecule has 0 aliphatic carbocycles. The Morgan fingerprint density at radius 3 is 2.00 bits per heavy atom. The zero-order valence-corrected chi connectivity index (χ0v) is 26.0. The molecule has 0 saturated heterocycles. The van der Waals surface area contributed by atoms with E-state index in [0.717, 1.165) is 37.4 Å². The number of anilines is 3.